The fourth-order valence-electron chi connectivity index (χ4n) is 3.14. The molecular weight excluding hydrogens is 338 g/mol. The lowest BCUT2D eigenvalue weighted by Crippen LogP contribution is -2.46. The summed E-state index contributed by atoms with van der Waals surface area (Å²) in [4.78, 5) is 12.9. The molecule has 2 nitrogen and oxygen atoms in total. The minimum Gasteiger partial charge on any atom is -0.325 e. The van der Waals surface area contributed by atoms with Crippen LogP contribution in [-0.4, -0.2) is 5.91 Å². The highest BCUT2D eigenvalue weighted by atomic mass is 79.9. The molecule has 1 N–H and O–H groups in total. The van der Waals surface area contributed by atoms with Gasteiger partial charge in [-0.1, -0.05) is 52.2 Å². The van der Waals surface area contributed by atoms with Gasteiger partial charge in [0.2, 0.25) is 5.91 Å². The monoisotopic (exact) mass is 357 g/mol. The second-order valence-corrected chi connectivity index (χ2v) is 7.13. The Morgan fingerprint density at radius 3 is 2.32 bits per heavy atom. The van der Waals surface area contributed by atoms with Crippen molar-refractivity contribution in [3.8, 4) is 0 Å². The minimum atomic E-state index is -0.363. The van der Waals surface area contributed by atoms with E-state index in [4.69, 9.17) is 0 Å². The first-order valence-electron chi connectivity index (χ1n) is 7.66. The quantitative estimate of drug-likeness (QED) is 0.810. The Labute approximate surface area is 140 Å². The van der Waals surface area contributed by atoms with Crippen molar-refractivity contribution in [2.75, 3.05) is 5.32 Å². The first-order chi connectivity index (χ1) is 10.5. The van der Waals surface area contributed by atoms with Gasteiger partial charge in [0.1, 0.15) is 0 Å². The fraction of sp³-hybridized carbons (Fsp3) is 0.316. The summed E-state index contributed by atoms with van der Waals surface area (Å²) in [6.45, 7) is 4.10. The van der Waals surface area contributed by atoms with E-state index in [-0.39, 0.29) is 11.3 Å². The van der Waals surface area contributed by atoms with Crippen LogP contribution in [0.25, 0.3) is 0 Å². The molecule has 2 aromatic rings. The number of anilines is 1. The highest BCUT2D eigenvalue weighted by Crippen LogP contribution is 2.45. The number of hydrogen-bond donors (Lipinski definition) is 1. The third kappa shape index (κ3) is 2.70. The van der Waals surface area contributed by atoms with Crippen LogP contribution in [0.1, 0.15) is 36.0 Å². The van der Waals surface area contributed by atoms with Crippen LogP contribution in [0, 0.1) is 13.8 Å². The molecule has 1 fully saturated rings. The molecule has 1 amide bonds. The molecule has 1 aliphatic rings. The lowest BCUT2D eigenvalue weighted by Gasteiger charge is -2.40. The number of aryl methyl sites for hydroxylation is 2. The molecule has 0 aliphatic heterocycles. The van der Waals surface area contributed by atoms with Crippen LogP contribution in [0.15, 0.2) is 46.9 Å². The topological polar surface area (TPSA) is 29.1 Å². The van der Waals surface area contributed by atoms with Gasteiger partial charge in [-0.25, -0.2) is 0 Å². The van der Waals surface area contributed by atoms with Gasteiger partial charge in [0.25, 0.3) is 0 Å². The van der Waals surface area contributed by atoms with Crippen LogP contribution in [0.5, 0.6) is 0 Å². The molecule has 3 heteroatoms. The number of benzene rings is 2. The molecule has 1 aliphatic carbocycles. The lowest BCUT2D eigenvalue weighted by atomic mass is 9.64. The Balaban J connectivity index is 1.87. The summed E-state index contributed by atoms with van der Waals surface area (Å²) in [6.07, 6.45) is 2.95. The summed E-state index contributed by atoms with van der Waals surface area (Å²) < 4.78 is 1.04. The van der Waals surface area contributed by atoms with E-state index in [0.717, 1.165) is 40.5 Å². The van der Waals surface area contributed by atoms with Crippen molar-refractivity contribution in [2.24, 2.45) is 0 Å². The van der Waals surface area contributed by atoms with E-state index >= 15 is 0 Å². The van der Waals surface area contributed by atoms with Crippen molar-refractivity contribution in [1.82, 2.24) is 0 Å². The molecule has 1 saturated carbocycles. The average molecular weight is 358 g/mol. The number of carbonyl (C=O) groups excluding carboxylic acids is 1. The number of rotatable bonds is 3. The van der Waals surface area contributed by atoms with Gasteiger partial charge in [0.15, 0.2) is 0 Å². The van der Waals surface area contributed by atoms with Gasteiger partial charge >= 0.3 is 0 Å². The van der Waals surface area contributed by atoms with Gasteiger partial charge in [0, 0.05) is 10.2 Å². The van der Waals surface area contributed by atoms with Gasteiger partial charge in [-0.15, -0.1) is 0 Å². The molecule has 3 rings (SSSR count). The summed E-state index contributed by atoms with van der Waals surface area (Å²) in [7, 11) is 0. The summed E-state index contributed by atoms with van der Waals surface area (Å²) in [5, 5.41) is 3.14. The maximum atomic E-state index is 12.9. The third-order valence-electron chi connectivity index (χ3n) is 4.67. The average Bonchev–Trinajstić information content (AvgIpc) is 2.43. The summed E-state index contributed by atoms with van der Waals surface area (Å²) in [5.74, 6) is 0.119. The Bertz CT molecular complexity index is 702. The maximum Gasteiger partial charge on any atom is 0.235 e. The standard InChI is InChI=1S/C19H20BrNO/c1-13-4-9-17(14(2)12-13)21-18(22)19(10-3-11-19)15-5-7-16(20)8-6-15/h4-9,12H,3,10-11H2,1-2H3,(H,21,22). The van der Waals surface area contributed by atoms with Crippen molar-refractivity contribution in [3.05, 3.63) is 63.6 Å². The molecule has 0 heterocycles. The molecular formula is C19H20BrNO. The van der Waals surface area contributed by atoms with Gasteiger partial charge in [-0.05, 0) is 56.0 Å². The van der Waals surface area contributed by atoms with Crippen LogP contribution < -0.4 is 5.32 Å². The minimum absolute atomic E-state index is 0.119. The second kappa shape index (κ2) is 5.88. The highest BCUT2D eigenvalue weighted by Gasteiger charge is 2.45. The van der Waals surface area contributed by atoms with Crippen LogP contribution in [-0.2, 0) is 10.2 Å². The Hall–Kier alpha value is -1.61. The van der Waals surface area contributed by atoms with Crippen LogP contribution in [0.4, 0.5) is 5.69 Å². The van der Waals surface area contributed by atoms with Crippen LogP contribution >= 0.6 is 15.9 Å². The molecule has 114 valence electrons. The summed E-state index contributed by atoms with van der Waals surface area (Å²) >= 11 is 3.46. The van der Waals surface area contributed by atoms with Crippen molar-refractivity contribution < 1.29 is 4.79 Å². The molecule has 0 bridgehead atoms. The molecule has 0 saturated heterocycles. The Morgan fingerprint density at radius 1 is 1.09 bits per heavy atom. The van der Waals surface area contributed by atoms with Crippen molar-refractivity contribution >= 4 is 27.5 Å². The Kier molecular flexibility index (Phi) is 4.09. The van der Waals surface area contributed by atoms with Crippen molar-refractivity contribution in [2.45, 2.75) is 38.5 Å². The summed E-state index contributed by atoms with van der Waals surface area (Å²) in [5.41, 5.74) is 3.99. The second-order valence-electron chi connectivity index (χ2n) is 6.22. The van der Waals surface area contributed by atoms with E-state index in [1.807, 2.05) is 31.2 Å². The van der Waals surface area contributed by atoms with Gasteiger partial charge in [-0.3, -0.25) is 4.79 Å². The zero-order valence-electron chi connectivity index (χ0n) is 12.9. The van der Waals surface area contributed by atoms with E-state index in [0.29, 0.717) is 0 Å². The van der Waals surface area contributed by atoms with Gasteiger partial charge in [0.05, 0.1) is 5.41 Å². The van der Waals surface area contributed by atoms with Gasteiger partial charge in [-0.2, -0.15) is 0 Å². The van der Waals surface area contributed by atoms with E-state index in [1.54, 1.807) is 0 Å². The van der Waals surface area contributed by atoms with Crippen LogP contribution in [0.3, 0.4) is 0 Å². The van der Waals surface area contributed by atoms with Crippen LogP contribution in [0.2, 0.25) is 0 Å². The first-order valence-corrected chi connectivity index (χ1v) is 8.45. The molecule has 0 atom stereocenters. The van der Waals surface area contributed by atoms with Crippen molar-refractivity contribution in [1.29, 1.82) is 0 Å². The smallest absolute Gasteiger partial charge is 0.235 e. The number of amides is 1. The zero-order chi connectivity index (χ0) is 15.7. The van der Waals surface area contributed by atoms with E-state index in [1.165, 1.54) is 5.56 Å². The predicted molar refractivity (Wildman–Crippen MR) is 94.2 cm³/mol. The predicted octanol–water partition coefficient (Wildman–Crippen LogP) is 5.13. The largest absolute Gasteiger partial charge is 0.325 e. The SMILES string of the molecule is Cc1ccc(NC(=O)C2(c3ccc(Br)cc3)CCC2)c(C)c1. The number of halogens is 1. The number of nitrogens with one attached hydrogen (secondary N) is 1. The Morgan fingerprint density at radius 2 is 1.77 bits per heavy atom. The van der Waals surface area contributed by atoms with E-state index < -0.39 is 0 Å². The van der Waals surface area contributed by atoms with E-state index in [2.05, 4.69) is 46.4 Å². The molecule has 22 heavy (non-hydrogen) atoms. The number of hydrogen-bond acceptors (Lipinski definition) is 1. The summed E-state index contributed by atoms with van der Waals surface area (Å²) in [6, 6.07) is 14.3. The molecule has 0 spiro atoms. The number of carbonyl (C=O) groups is 1. The maximum absolute atomic E-state index is 12.9. The highest BCUT2D eigenvalue weighted by molar-refractivity contribution is 9.10. The molecule has 0 aromatic heterocycles. The third-order valence-corrected chi connectivity index (χ3v) is 5.20. The van der Waals surface area contributed by atoms with Gasteiger partial charge < -0.3 is 5.32 Å². The zero-order valence-corrected chi connectivity index (χ0v) is 14.5. The lowest BCUT2D eigenvalue weighted by molar-refractivity contribution is -0.124. The molecule has 0 unspecified atom stereocenters. The fourth-order valence-corrected chi connectivity index (χ4v) is 3.41. The first kappa shape index (κ1) is 15.3. The molecule has 0 radical (unpaired) electrons. The normalized spacial score (nSPS) is 16.0. The van der Waals surface area contributed by atoms with Crippen molar-refractivity contribution in [3.63, 3.8) is 0 Å². The van der Waals surface area contributed by atoms with E-state index in [9.17, 15) is 4.79 Å². The molecule has 2 aromatic carbocycles.